The summed E-state index contributed by atoms with van der Waals surface area (Å²) in [6.45, 7) is 4.20. The summed E-state index contributed by atoms with van der Waals surface area (Å²) in [7, 11) is 0. The molecule has 0 saturated carbocycles. The zero-order valence-corrected chi connectivity index (χ0v) is 36.4. The number of rotatable bonds is 11. The predicted octanol–water partition coefficient (Wildman–Crippen LogP) is 12.3. The van der Waals surface area contributed by atoms with Gasteiger partial charge in [0.05, 0.1) is 11.1 Å². The number of carbonyl (C=O) groups excluding carboxylic acids is 6. The van der Waals surface area contributed by atoms with Crippen molar-refractivity contribution >= 4 is 56.6 Å². The molecule has 10 rings (SSSR count). The Morgan fingerprint density at radius 2 is 0.758 bits per heavy atom. The van der Waals surface area contributed by atoms with E-state index < -0.39 is 11.9 Å². The smallest absolute Gasteiger partial charge is 0.343 e. The Kier molecular flexibility index (Phi) is 10.9. The number of aryl methyl sites for hydroxylation is 2. The van der Waals surface area contributed by atoms with Gasteiger partial charge in [-0.3, -0.25) is 19.2 Å². The van der Waals surface area contributed by atoms with Crippen molar-refractivity contribution in [3.05, 3.63) is 212 Å². The van der Waals surface area contributed by atoms with Crippen molar-refractivity contribution in [3.63, 3.8) is 0 Å². The quantitative estimate of drug-likeness (QED) is 0.0931. The van der Waals surface area contributed by atoms with E-state index in [0.29, 0.717) is 44.2 Å². The van der Waals surface area contributed by atoms with Gasteiger partial charge < -0.3 is 9.47 Å². The van der Waals surface area contributed by atoms with Crippen LogP contribution in [-0.4, -0.2) is 35.1 Å². The number of hydrogen-bond donors (Lipinski definition) is 0. The summed E-state index contributed by atoms with van der Waals surface area (Å²) >= 11 is 0. The minimum atomic E-state index is -0.763. The van der Waals surface area contributed by atoms with E-state index in [1.807, 2.05) is 72.8 Å². The number of hydrogen-bond acceptors (Lipinski definition) is 8. The van der Waals surface area contributed by atoms with Crippen molar-refractivity contribution in [2.75, 3.05) is 0 Å². The van der Waals surface area contributed by atoms with Gasteiger partial charge in [0.1, 0.15) is 11.5 Å². The number of esters is 2. The summed E-state index contributed by atoms with van der Waals surface area (Å²) in [5.74, 6) is -2.45. The van der Waals surface area contributed by atoms with Gasteiger partial charge in [0.2, 0.25) is 0 Å². The molecular formula is C58H42O8. The summed E-state index contributed by atoms with van der Waals surface area (Å²) in [5.41, 5.74) is 5.08. The maximum atomic E-state index is 14.3. The Morgan fingerprint density at radius 3 is 1.15 bits per heavy atom. The largest absolute Gasteiger partial charge is 0.422 e. The standard InChI is InChI=1S/C58H42O8/c1-3-5-11-33-17-23-41-45(29-33)53(59)43-25-19-37(31-47(43)55(41)61)57(63)65-49-27-21-35-13-7-9-15-39(35)51(49)52-40-16-10-8-14-36(40)22-28-50(52)66-58(64)38-20-26-44-48(32-38)56(62)42-24-18-34(12-6-4-2)30-46(42)54(44)60/h7-10,13-32H,3-6,11-12H2,1-2H3. The van der Waals surface area contributed by atoms with E-state index in [0.717, 1.165) is 60.4 Å². The lowest BCUT2D eigenvalue weighted by Gasteiger charge is -2.20. The molecule has 2 aliphatic carbocycles. The normalized spacial score (nSPS) is 12.7. The van der Waals surface area contributed by atoms with E-state index in [2.05, 4.69) is 13.8 Å². The second-order valence-corrected chi connectivity index (χ2v) is 16.9. The molecule has 322 valence electrons. The number of fused-ring (bicyclic) bond motifs is 6. The fourth-order valence-electron chi connectivity index (χ4n) is 9.23. The summed E-state index contributed by atoms with van der Waals surface area (Å²) in [4.78, 5) is 83.7. The summed E-state index contributed by atoms with van der Waals surface area (Å²) in [5, 5.41) is 3.05. The lowest BCUT2D eigenvalue weighted by molar-refractivity contribution is 0.0723. The molecule has 8 heteroatoms. The number of unbranched alkanes of at least 4 members (excludes halogenated alkanes) is 2. The number of benzene rings is 8. The van der Waals surface area contributed by atoms with E-state index in [4.69, 9.17) is 9.47 Å². The van der Waals surface area contributed by atoms with Gasteiger partial charge in [0.25, 0.3) is 0 Å². The molecule has 8 aromatic rings. The summed E-state index contributed by atoms with van der Waals surface area (Å²) in [6.07, 6.45) is 5.55. The first-order valence-electron chi connectivity index (χ1n) is 22.3. The SMILES string of the molecule is CCCCc1ccc2c(c1)C(=O)c1ccc(C(=O)Oc3ccc4ccccc4c3-c3c(OC(=O)c4ccc5c(c4)C(=O)c4ccc(CCCC)cc4C5=O)ccc4ccccc34)cc1C2=O. The molecule has 0 heterocycles. The molecule has 0 atom stereocenters. The zero-order chi connectivity index (χ0) is 45.6. The third-order valence-corrected chi connectivity index (χ3v) is 12.7. The second kappa shape index (κ2) is 17.1. The van der Waals surface area contributed by atoms with E-state index in [-0.39, 0.29) is 68.0 Å². The molecule has 0 bridgehead atoms. The first-order chi connectivity index (χ1) is 32.1. The summed E-state index contributed by atoms with van der Waals surface area (Å²) in [6, 6.07) is 41.7. The molecule has 0 N–H and O–H groups in total. The first kappa shape index (κ1) is 41.9. The Labute approximate surface area is 380 Å². The molecule has 0 aliphatic heterocycles. The molecule has 0 radical (unpaired) electrons. The van der Waals surface area contributed by atoms with Crippen LogP contribution in [0.5, 0.6) is 11.5 Å². The van der Waals surface area contributed by atoms with Crippen LogP contribution in [-0.2, 0) is 12.8 Å². The fourth-order valence-corrected chi connectivity index (χ4v) is 9.23. The van der Waals surface area contributed by atoms with E-state index >= 15 is 0 Å². The number of carbonyl (C=O) groups is 6. The number of ketones is 4. The van der Waals surface area contributed by atoms with Crippen LogP contribution < -0.4 is 9.47 Å². The molecule has 0 spiro atoms. The molecule has 2 aliphatic rings. The third-order valence-electron chi connectivity index (χ3n) is 12.7. The van der Waals surface area contributed by atoms with Gasteiger partial charge in [-0.15, -0.1) is 0 Å². The van der Waals surface area contributed by atoms with Gasteiger partial charge in [0.15, 0.2) is 23.1 Å². The van der Waals surface area contributed by atoms with Crippen LogP contribution in [0.25, 0.3) is 32.7 Å². The fraction of sp³-hybridized carbons (Fsp3) is 0.138. The second-order valence-electron chi connectivity index (χ2n) is 16.9. The van der Waals surface area contributed by atoms with Crippen LogP contribution >= 0.6 is 0 Å². The highest BCUT2D eigenvalue weighted by molar-refractivity contribution is 6.30. The van der Waals surface area contributed by atoms with Gasteiger partial charge in [-0.2, -0.15) is 0 Å². The van der Waals surface area contributed by atoms with Crippen LogP contribution in [0.2, 0.25) is 0 Å². The minimum absolute atomic E-state index is 0.0709. The molecule has 0 unspecified atom stereocenters. The van der Waals surface area contributed by atoms with Crippen molar-refractivity contribution < 1.29 is 38.2 Å². The minimum Gasteiger partial charge on any atom is -0.422 e. The van der Waals surface area contributed by atoms with Gasteiger partial charge in [-0.25, -0.2) is 9.59 Å². The highest BCUT2D eigenvalue weighted by Crippen LogP contribution is 2.46. The molecule has 8 aromatic carbocycles. The molecule has 66 heavy (non-hydrogen) atoms. The van der Waals surface area contributed by atoms with E-state index in [1.165, 1.54) is 36.4 Å². The maximum Gasteiger partial charge on any atom is 0.343 e. The van der Waals surface area contributed by atoms with Crippen LogP contribution in [0.15, 0.2) is 146 Å². The topological polar surface area (TPSA) is 121 Å². The van der Waals surface area contributed by atoms with Crippen molar-refractivity contribution in [3.8, 4) is 22.6 Å². The highest BCUT2D eigenvalue weighted by Gasteiger charge is 2.33. The van der Waals surface area contributed by atoms with Gasteiger partial charge >= 0.3 is 11.9 Å². The van der Waals surface area contributed by atoms with Gasteiger partial charge in [-0.1, -0.05) is 112 Å². The van der Waals surface area contributed by atoms with E-state index in [1.54, 1.807) is 36.4 Å². The van der Waals surface area contributed by atoms with Crippen molar-refractivity contribution in [2.45, 2.75) is 52.4 Å². The molecular weight excluding hydrogens is 825 g/mol. The average Bonchev–Trinajstić information content (AvgIpc) is 3.35. The Morgan fingerprint density at radius 1 is 0.394 bits per heavy atom. The van der Waals surface area contributed by atoms with E-state index in [9.17, 15) is 28.8 Å². The van der Waals surface area contributed by atoms with Gasteiger partial charge in [0, 0.05) is 55.6 Å². The third kappa shape index (κ3) is 7.30. The van der Waals surface area contributed by atoms with Crippen LogP contribution in [0.4, 0.5) is 0 Å². The van der Waals surface area contributed by atoms with Crippen molar-refractivity contribution in [2.24, 2.45) is 0 Å². The molecule has 0 aromatic heterocycles. The predicted molar refractivity (Wildman–Crippen MR) is 254 cm³/mol. The van der Waals surface area contributed by atoms with Gasteiger partial charge in [-0.05, 0) is 119 Å². The summed E-state index contributed by atoms with van der Waals surface area (Å²) < 4.78 is 12.5. The Hall–Kier alpha value is -8.10. The highest BCUT2D eigenvalue weighted by atomic mass is 16.5. The Balaban J connectivity index is 1.01. The zero-order valence-electron chi connectivity index (χ0n) is 36.4. The average molecular weight is 867 g/mol. The lowest BCUT2D eigenvalue weighted by Crippen LogP contribution is -2.22. The molecule has 0 fully saturated rings. The van der Waals surface area contributed by atoms with Crippen LogP contribution in [0.1, 0.15) is 135 Å². The van der Waals surface area contributed by atoms with Crippen LogP contribution in [0, 0.1) is 0 Å². The molecule has 0 saturated heterocycles. The maximum absolute atomic E-state index is 14.3. The number of ether oxygens (including phenoxy) is 2. The first-order valence-corrected chi connectivity index (χ1v) is 22.3. The monoisotopic (exact) mass is 866 g/mol. The van der Waals surface area contributed by atoms with Crippen molar-refractivity contribution in [1.82, 2.24) is 0 Å². The molecule has 8 nitrogen and oxygen atoms in total. The molecule has 0 amide bonds. The van der Waals surface area contributed by atoms with Crippen molar-refractivity contribution in [1.29, 1.82) is 0 Å². The van der Waals surface area contributed by atoms with Crippen LogP contribution in [0.3, 0.4) is 0 Å². The Bertz CT molecular complexity index is 3180. The lowest BCUT2D eigenvalue weighted by atomic mass is 9.82.